The lowest BCUT2D eigenvalue weighted by atomic mass is 10.0. The zero-order valence-electron chi connectivity index (χ0n) is 8.92. The van der Waals surface area contributed by atoms with Crippen LogP contribution >= 0.6 is 11.6 Å². The van der Waals surface area contributed by atoms with Crippen molar-refractivity contribution in [2.45, 2.75) is 13.0 Å². The maximum atomic E-state index is 12.9. The number of carbonyl (C=O) groups excluding carboxylic acids is 1. The molecule has 1 aromatic carbocycles. The molecule has 0 amide bonds. The van der Waals surface area contributed by atoms with Crippen LogP contribution in [-0.2, 0) is 4.79 Å². The highest BCUT2D eigenvalue weighted by molar-refractivity contribution is 6.30. The average Bonchev–Trinajstić information content (AvgIpc) is 2.10. The van der Waals surface area contributed by atoms with E-state index in [1.165, 1.54) is 19.1 Å². The van der Waals surface area contributed by atoms with Gasteiger partial charge in [-0.1, -0.05) is 17.7 Å². The van der Waals surface area contributed by atoms with Crippen LogP contribution in [-0.4, -0.2) is 24.8 Å². The predicted octanol–water partition coefficient (Wildman–Crippen LogP) is 2.67. The molecule has 1 unspecified atom stereocenters. The average molecular weight is 230 g/mol. The molecule has 0 fully saturated rings. The van der Waals surface area contributed by atoms with Crippen LogP contribution in [0.3, 0.4) is 0 Å². The number of hydrogen-bond donors (Lipinski definition) is 0. The van der Waals surface area contributed by atoms with Gasteiger partial charge in [-0.2, -0.15) is 0 Å². The van der Waals surface area contributed by atoms with Crippen LogP contribution in [0.15, 0.2) is 18.2 Å². The van der Waals surface area contributed by atoms with Crippen LogP contribution in [0.1, 0.15) is 18.5 Å². The molecule has 2 nitrogen and oxygen atoms in total. The highest BCUT2D eigenvalue weighted by atomic mass is 35.5. The van der Waals surface area contributed by atoms with Crippen LogP contribution in [0.25, 0.3) is 0 Å². The molecule has 1 rings (SSSR count). The molecule has 1 aromatic rings. The first kappa shape index (κ1) is 12.1. The third-order valence-corrected chi connectivity index (χ3v) is 2.45. The van der Waals surface area contributed by atoms with Gasteiger partial charge in [-0.05, 0) is 38.7 Å². The Hall–Kier alpha value is -0.930. The van der Waals surface area contributed by atoms with Crippen molar-refractivity contribution in [3.8, 4) is 0 Å². The smallest absolute Gasteiger partial charge is 0.151 e. The monoisotopic (exact) mass is 229 g/mol. The van der Waals surface area contributed by atoms with Gasteiger partial charge < -0.3 is 0 Å². The number of Topliss-reactive ketones (excluding diaryl/α,β-unsaturated/α-hetero) is 1. The molecule has 0 heterocycles. The summed E-state index contributed by atoms with van der Waals surface area (Å²) >= 11 is 5.66. The normalized spacial score (nSPS) is 12.9. The molecule has 0 aliphatic rings. The fraction of sp³-hybridized carbons (Fsp3) is 0.364. The van der Waals surface area contributed by atoms with E-state index in [1.54, 1.807) is 25.1 Å². The predicted molar refractivity (Wildman–Crippen MR) is 58.5 cm³/mol. The first-order valence-electron chi connectivity index (χ1n) is 4.55. The number of halogens is 2. The number of nitrogens with zero attached hydrogens (tertiary/aromatic N) is 1. The van der Waals surface area contributed by atoms with Crippen molar-refractivity contribution in [3.63, 3.8) is 0 Å². The molecule has 0 radical (unpaired) electrons. The van der Waals surface area contributed by atoms with Crippen molar-refractivity contribution in [1.29, 1.82) is 0 Å². The van der Waals surface area contributed by atoms with Crippen LogP contribution in [0.4, 0.5) is 4.39 Å². The minimum atomic E-state index is -0.471. The maximum Gasteiger partial charge on any atom is 0.151 e. The van der Waals surface area contributed by atoms with E-state index in [4.69, 9.17) is 11.6 Å². The summed E-state index contributed by atoms with van der Waals surface area (Å²) in [4.78, 5) is 13.2. The third-order valence-electron chi connectivity index (χ3n) is 2.16. The van der Waals surface area contributed by atoms with E-state index < -0.39 is 5.82 Å². The standard InChI is InChI=1S/C11H13ClFNO/c1-7(15)11(14(2)3)8-4-5-10(13)9(12)6-8/h4-6,11H,1-3H3. The Labute approximate surface area is 93.6 Å². The van der Waals surface area contributed by atoms with E-state index in [-0.39, 0.29) is 16.8 Å². The van der Waals surface area contributed by atoms with Gasteiger partial charge in [0.25, 0.3) is 0 Å². The second-order valence-electron chi connectivity index (χ2n) is 3.65. The zero-order valence-corrected chi connectivity index (χ0v) is 9.68. The van der Waals surface area contributed by atoms with Crippen molar-refractivity contribution in [3.05, 3.63) is 34.6 Å². The van der Waals surface area contributed by atoms with Gasteiger partial charge >= 0.3 is 0 Å². The van der Waals surface area contributed by atoms with E-state index in [9.17, 15) is 9.18 Å². The number of carbonyl (C=O) groups is 1. The SMILES string of the molecule is CC(=O)C(c1ccc(F)c(Cl)c1)N(C)C. The molecule has 0 saturated heterocycles. The van der Waals surface area contributed by atoms with Gasteiger partial charge in [0.1, 0.15) is 5.82 Å². The summed E-state index contributed by atoms with van der Waals surface area (Å²) < 4.78 is 12.9. The fourth-order valence-electron chi connectivity index (χ4n) is 1.58. The van der Waals surface area contributed by atoms with Gasteiger partial charge in [0.2, 0.25) is 0 Å². The quantitative estimate of drug-likeness (QED) is 0.794. The topological polar surface area (TPSA) is 20.3 Å². The molecule has 0 aliphatic heterocycles. The largest absolute Gasteiger partial charge is 0.298 e. The Bertz CT molecular complexity index is 379. The Kier molecular flexibility index (Phi) is 3.83. The number of likely N-dealkylation sites (N-methyl/N-ethyl adjacent to an activating group) is 1. The molecule has 0 spiro atoms. The highest BCUT2D eigenvalue weighted by Crippen LogP contribution is 2.24. The van der Waals surface area contributed by atoms with Crippen LogP contribution < -0.4 is 0 Å². The summed E-state index contributed by atoms with van der Waals surface area (Å²) in [6.45, 7) is 1.50. The lowest BCUT2D eigenvalue weighted by molar-refractivity contribution is -0.121. The lowest BCUT2D eigenvalue weighted by Gasteiger charge is -2.22. The molecule has 15 heavy (non-hydrogen) atoms. The summed E-state index contributed by atoms with van der Waals surface area (Å²) in [5, 5.41) is 0.0422. The van der Waals surface area contributed by atoms with Gasteiger partial charge in [0.05, 0.1) is 11.1 Å². The van der Waals surface area contributed by atoms with E-state index in [2.05, 4.69) is 0 Å². The Balaban J connectivity index is 3.12. The number of hydrogen-bond acceptors (Lipinski definition) is 2. The second-order valence-corrected chi connectivity index (χ2v) is 4.06. The van der Waals surface area contributed by atoms with Crippen molar-refractivity contribution in [1.82, 2.24) is 4.90 Å². The molecule has 4 heteroatoms. The Morgan fingerprint density at radius 3 is 2.47 bits per heavy atom. The van der Waals surface area contributed by atoms with E-state index >= 15 is 0 Å². The molecular weight excluding hydrogens is 217 g/mol. The number of rotatable bonds is 3. The zero-order chi connectivity index (χ0) is 11.6. The summed E-state index contributed by atoms with van der Waals surface area (Å²) in [5.41, 5.74) is 0.707. The summed E-state index contributed by atoms with van der Waals surface area (Å²) in [5.74, 6) is -0.468. The molecule has 0 aromatic heterocycles. The minimum Gasteiger partial charge on any atom is -0.298 e. The van der Waals surface area contributed by atoms with Crippen molar-refractivity contribution in [2.75, 3.05) is 14.1 Å². The van der Waals surface area contributed by atoms with E-state index in [1.807, 2.05) is 0 Å². The van der Waals surface area contributed by atoms with Crippen molar-refractivity contribution < 1.29 is 9.18 Å². The van der Waals surface area contributed by atoms with Gasteiger partial charge in [0, 0.05) is 0 Å². The molecule has 0 aliphatic carbocycles. The van der Waals surface area contributed by atoms with Crippen LogP contribution in [0.2, 0.25) is 5.02 Å². The van der Waals surface area contributed by atoms with Crippen LogP contribution in [0, 0.1) is 5.82 Å². The number of ketones is 1. The maximum absolute atomic E-state index is 12.9. The second kappa shape index (κ2) is 4.73. The van der Waals surface area contributed by atoms with Crippen molar-refractivity contribution in [2.24, 2.45) is 0 Å². The van der Waals surface area contributed by atoms with Crippen molar-refractivity contribution >= 4 is 17.4 Å². The highest BCUT2D eigenvalue weighted by Gasteiger charge is 2.19. The molecule has 0 bridgehead atoms. The molecule has 0 N–H and O–H groups in total. The minimum absolute atomic E-state index is 0.00248. The summed E-state index contributed by atoms with van der Waals surface area (Å²) in [7, 11) is 3.59. The first-order valence-corrected chi connectivity index (χ1v) is 4.93. The lowest BCUT2D eigenvalue weighted by Crippen LogP contribution is -2.25. The molecular formula is C11H13ClFNO. The van der Waals surface area contributed by atoms with Gasteiger partial charge in [0.15, 0.2) is 5.78 Å². The Morgan fingerprint density at radius 1 is 1.47 bits per heavy atom. The van der Waals surface area contributed by atoms with E-state index in [0.717, 1.165) is 0 Å². The first-order chi connectivity index (χ1) is 6.93. The number of benzene rings is 1. The van der Waals surface area contributed by atoms with Crippen LogP contribution in [0.5, 0.6) is 0 Å². The third kappa shape index (κ3) is 2.76. The molecule has 0 saturated carbocycles. The molecule has 82 valence electrons. The fourth-order valence-corrected chi connectivity index (χ4v) is 1.77. The van der Waals surface area contributed by atoms with E-state index in [0.29, 0.717) is 5.56 Å². The molecule has 1 atom stereocenters. The summed E-state index contributed by atoms with van der Waals surface area (Å²) in [6, 6.07) is 3.97. The summed E-state index contributed by atoms with van der Waals surface area (Å²) in [6.07, 6.45) is 0. The van der Waals surface area contributed by atoms with Gasteiger partial charge in [-0.15, -0.1) is 0 Å². The Morgan fingerprint density at radius 2 is 2.07 bits per heavy atom. The van der Waals surface area contributed by atoms with Gasteiger partial charge in [-0.3, -0.25) is 9.69 Å². The van der Waals surface area contributed by atoms with Gasteiger partial charge in [-0.25, -0.2) is 4.39 Å².